The van der Waals surface area contributed by atoms with Crippen molar-refractivity contribution in [1.29, 1.82) is 0 Å². The predicted octanol–water partition coefficient (Wildman–Crippen LogP) is 1.59. The van der Waals surface area contributed by atoms with Crippen LogP contribution in [0.15, 0.2) is 30.3 Å². The summed E-state index contributed by atoms with van der Waals surface area (Å²) < 4.78 is 10.4. The highest BCUT2D eigenvalue weighted by Crippen LogP contribution is 2.21. The van der Waals surface area contributed by atoms with Crippen LogP contribution in [0.4, 0.5) is 4.79 Å². The average molecular weight is 492 g/mol. The SMILES string of the molecule is C[C@H](NC(=O)[C@@H]1CCCN1C(=O)OC(C)(C)C)C(=O)N[C@@H](CC(=O)OCc1ccccc1)C(=O)O. The molecular formula is C24H33N3O8. The first-order valence-corrected chi connectivity index (χ1v) is 11.4. The molecule has 0 radical (unpaired) electrons. The smallest absolute Gasteiger partial charge is 0.410 e. The second kappa shape index (κ2) is 12.2. The van der Waals surface area contributed by atoms with Gasteiger partial charge in [-0.05, 0) is 46.1 Å². The summed E-state index contributed by atoms with van der Waals surface area (Å²) in [6, 6.07) is 5.42. The summed E-state index contributed by atoms with van der Waals surface area (Å²) >= 11 is 0. The molecule has 1 aromatic carbocycles. The molecule has 1 aromatic rings. The van der Waals surface area contributed by atoms with Gasteiger partial charge in [0.15, 0.2) is 0 Å². The molecule has 35 heavy (non-hydrogen) atoms. The van der Waals surface area contributed by atoms with Crippen molar-refractivity contribution in [2.24, 2.45) is 0 Å². The molecule has 1 aliphatic rings. The number of nitrogens with zero attached hydrogens (tertiary/aromatic N) is 1. The molecule has 1 heterocycles. The van der Waals surface area contributed by atoms with E-state index in [2.05, 4.69) is 10.6 Å². The lowest BCUT2D eigenvalue weighted by atomic mass is 10.1. The van der Waals surface area contributed by atoms with Gasteiger partial charge in [0.1, 0.15) is 30.3 Å². The van der Waals surface area contributed by atoms with Crippen LogP contribution in [0.3, 0.4) is 0 Å². The standard InChI is InChI=1S/C24H33N3O8/c1-15(25-21(30)18-11-8-12-27(18)23(33)35-24(2,3)4)20(29)26-17(22(31)32)13-19(28)34-14-16-9-6-5-7-10-16/h5-7,9-10,15,17-18H,8,11-14H2,1-4H3,(H,25,30)(H,26,29)(H,31,32)/t15-,17-,18-/m0/s1. The van der Waals surface area contributed by atoms with E-state index in [4.69, 9.17) is 9.47 Å². The minimum atomic E-state index is -1.53. The van der Waals surface area contributed by atoms with E-state index in [0.29, 0.717) is 19.4 Å². The van der Waals surface area contributed by atoms with E-state index in [1.165, 1.54) is 11.8 Å². The Morgan fingerprint density at radius 1 is 1.11 bits per heavy atom. The molecule has 0 saturated carbocycles. The molecule has 3 amide bonds. The Balaban J connectivity index is 1.89. The third-order valence-corrected chi connectivity index (χ3v) is 5.16. The second-order valence-electron chi connectivity index (χ2n) is 9.31. The van der Waals surface area contributed by atoms with Crippen molar-refractivity contribution in [3.05, 3.63) is 35.9 Å². The number of aliphatic carboxylic acids is 1. The van der Waals surface area contributed by atoms with Crippen molar-refractivity contribution in [2.45, 2.75) is 77.3 Å². The molecule has 11 heteroatoms. The van der Waals surface area contributed by atoms with Crippen molar-refractivity contribution in [3.63, 3.8) is 0 Å². The summed E-state index contributed by atoms with van der Waals surface area (Å²) in [7, 11) is 0. The Bertz CT molecular complexity index is 928. The van der Waals surface area contributed by atoms with E-state index in [0.717, 1.165) is 5.56 Å². The van der Waals surface area contributed by atoms with Crippen LogP contribution < -0.4 is 10.6 Å². The molecule has 0 aliphatic carbocycles. The lowest BCUT2D eigenvalue weighted by Crippen LogP contribution is -2.54. The first-order chi connectivity index (χ1) is 16.4. The highest BCUT2D eigenvalue weighted by molar-refractivity contribution is 5.93. The second-order valence-corrected chi connectivity index (χ2v) is 9.31. The monoisotopic (exact) mass is 491 g/mol. The number of hydrogen-bond acceptors (Lipinski definition) is 7. The van der Waals surface area contributed by atoms with Crippen LogP contribution in [0, 0.1) is 0 Å². The summed E-state index contributed by atoms with van der Waals surface area (Å²) in [5.41, 5.74) is 0.0162. The van der Waals surface area contributed by atoms with E-state index >= 15 is 0 Å². The molecule has 1 fully saturated rings. The topological polar surface area (TPSA) is 151 Å². The van der Waals surface area contributed by atoms with Gasteiger partial charge in [0, 0.05) is 6.54 Å². The number of benzene rings is 1. The van der Waals surface area contributed by atoms with Crippen molar-refractivity contribution in [3.8, 4) is 0 Å². The minimum Gasteiger partial charge on any atom is -0.480 e. The molecular weight excluding hydrogens is 458 g/mol. The fraction of sp³-hybridized carbons (Fsp3) is 0.542. The number of likely N-dealkylation sites (tertiary alicyclic amines) is 1. The third-order valence-electron chi connectivity index (χ3n) is 5.16. The van der Waals surface area contributed by atoms with E-state index in [9.17, 15) is 29.1 Å². The Kier molecular flexibility index (Phi) is 9.61. The maximum Gasteiger partial charge on any atom is 0.410 e. The van der Waals surface area contributed by atoms with Gasteiger partial charge in [-0.1, -0.05) is 30.3 Å². The number of carbonyl (C=O) groups is 5. The third kappa shape index (κ3) is 8.91. The van der Waals surface area contributed by atoms with Gasteiger partial charge in [-0.3, -0.25) is 19.3 Å². The first kappa shape index (κ1) is 27.6. The molecule has 3 N–H and O–H groups in total. The van der Waals surface area contributed by atoms with Crippen molar-refractivity contribution >= 4 is 29.8 Å². The van der Waals surface area contributed by atoms with Crippen LogP contribution in [-0.4, -0.2) is 70.1 Å². The fourth-order valence-electron chi connectivity index (χ4n) is 3.41. The summed E-state index contributed by atoms with van der Waals surface area (Å²) in [6.07, 6.45) is -0.190. The van der Waals surface area contributed by atoms with Gasteiger partial charge in [0.2, 0.25) is 11.8 Å². The lowest BCUT2D eigenvalue weighted by Gasteiger charge is -2.28. The summed E-state index contributed by atoms with van der Waals surface area (Å²) in [6.45, 7) is 6.87. The summed E-state index contributed by atoms with van der Waals surface area (Å²) in [5, 5.41) is 14.2. The maximum atomic E-state index is 12.7. The van der Waals surface area contributed by atoms with Gasteiger partial charge in [-0.25, -0.2) is 9.59 Å². The Hall–Kier alpha value is -3.63. The average Bonchev–Trinajstić information content (AvgIpc) is 3.27. The number of nitrogens with one attached hydrogen (secondary N) is 2. The van der Waals surface area contributed by atoms with E-state index < -0.39 is 60.0 Å². The zero-order valence-corrected chi connectivity index (χ0v) is 20.4. The minimum absolute atomic E-state index is 0.0258. The Morgan fingerprint density at radius 2 is 1.77 bits per heavy atom. The highest BCUT2D eigenvalue weighted by atomic mass is 16.6. The van der Waals surface area contributed by atoms with Crippen LogP contribution in [0.2, 0.25) is 0 Å². The number of amides is 3. The normalized spacial score (nSPS) is 17.1. The van der Waals surface area contributed by atoms with Crippen molar-refractivity contribution in [1.82, 2.24) is 15.5 Å². The molecule has 0 unspecified atom stereocenters. The molecule has 0 spiro atoms. The van der Waals surface area contributed by atoms with E-state index in [1.54, 1.807) is 45.0 Å². The van der Waals surface area contributed by atoms with Crippen LogP contribution in [0.5, 0.6) is 0 Å². The zero-order chi connectivity index (χ0) is 26.2. The van der Waals surface area contributed by atoms with Crippen LogP contribution in [-0.2, 0) is 35.3 Å². The molecule has 2 rings (SSSR count). The van der Waals surface area contributed by atoms with Crippen LogP contribution in [0.25, 0.3) is 0 Å². The number of hydrogen-bond donors (Lipinski definition) is 3. The predicted molar refractivity (Wildman–Crippen MR) is 124 cm³/mol. The lowest BCUT2D eigenvalue weighted by molar-refractivity contribution is -0.151. The quantitative estimate of drug-likeness (QED) is 0.441. The Labute approximate surface area is 204 Å². The molecule has 1 aliphatic heterocycles. The number of rotatable bonds is 9. The van der Waals surface area contributed by atoms with E-state index in [-0.39, 0.29) is 6.61 Å². The molecule has 192 valence electrons. The molecule has 0 bridgehead atoms. The molecule has 0 aromatic heterocycles. The first-order valence-electron chi connectivity index (χ1n) is 11.4. The van der Waals surface area contributed by atoms with Gasteiger partial charge < -0.3 is 25.2 Å². The Morgan fingerprint density at radius 3 is 2.37 bits per heavy atom. The molecule has 11 nitrogen and oxygen atoms in total. The largest absolute Gasteiger partial charge is 0.480 e. The zero-order valence-electron chi connectivity index (χ0n) is 20.4. The molecule has 1 saturated heterocycles. The van der Waals surface area contributed by atoms with Gasteiger partial charge in [-0.15, -0.1) is 0 Å². The maximum absolute atomic E-state index is 12.7. The van der Waals surface area contributed by atoms with Gasteiger partial charge in [0.05, 0.1) is 6.42 Å². The number of carboxylic acids is 1. The molecule has 3 atom stereocenters. The number of carbonyl (C=O) groups excluding carboxylic acids is 4. The van der Waals surface area contributed by atoms with Crippen LogP contribution in [0.1, 0.15) is 52.5 Å². The van der Waals surface area contributed by atoms with Gasteiger partial charge in [-0.2, -0.15) is 0 Å². The number of carboxylic acid groups (broad SMARTS) is 1. The fourth-order valence-corrected chi connectivity index (χ4v) is 3.41. The van der Waals surface area contributed by atoms with Crippen molar-refractivity contribution < 1.29 is 38.6 Å². The van der Waals surface area contributed by atoms with E-state index in [1.807, 2.05) is 6.07 Å². The summed E-state index contributed by atoms with van der Waals surface area (Å²) in [5.74, 6) is -3.55. The van der Waals surface area contributed by atoms with Crippen molar-refractivity contribution in [2.75, 3.05) is 6.54 Å². The summed E-state index contributed by atoms with van der Waals surface area (Å²) in [4.78, 5) is 62.6. The van der Waals surface area contributed by atoms with Gasteiger partial charge in [0.25, 0.3) is 0 Å². The van der Waals surface area contributed by atoms with Gasteiger partial charge >= 0.3 is 18.0 Å². The van der Waals surface area contributed by atoms with Crippen LogP contribution >= 0.6 is 0 Å². The number of ether oxygens (including phenoxy) is 2. The highest BCUT2D eigenvalue weighted by Gasteiger charge is 2.37. The number of esters is 1.